The van der Waals surface area contributed by atoms with Crippen LogP contribution < -0.4 is 0 Å². The summed E-state index contributed by atoms with van der Waals surface area (Å²) < 4.78 is 5.99. The molecule has 0 bridgehead atoms. The molecule has 0 saturated carbocycles. The lowest BCUT2D eigenvalue weighted by Gasteiger charge is -2.10. The van der Waals surface area contributed by atoms with Crippen LogP contribution in [0.5, 0.6) is 0 Å². The number of aryl methyl sites for hydroxylation is 1. The van der Waals surface area contributed by atoms with Gasteiger partial charge in [0.15, 0.2) is 0 Å². The second-order valence-electron chi connectivity index (χ2n) is 3.47. The number of aliphatic hydroxyl groups is 1. The molecule has 0 amide bonds. The van der Waals surface area contributed by atoms with Crippen LogP contribution in [0.3, 0.4) is 0 Å². The summed E-state index contributed by atoms with van der Waals surface area (Å²) >= 11 is 3.43. The molecular weight excluding hydrogens is 256 g/mol. The van der Waals surface area contributed by atoms with Gasteiger partial charge in [-0.05, 0) is 30.2 Å². The Morgan fingerprint density at radius 1 is 1.27 bits per heavy atom. The third-order valence-corrected chi connectivity index (χ3v) is 3.25. The number of halogens is 1. The van der Waals surface area contributed by atoms with Gasteiger partial charge < -0.3 is 9.52 Å². The van der Waals surface area contributed by atoms with Gasteiger partial charge in [0.1, 0.15) is 6.10 Å². The fourth-order valence-corrected chi connectivity index (χ4v) is 1.71. The van der Waals surface area contributed by atoms with E-state index in [0.717, 1.165) is 21.2 Å². The van der Waals surface area contributed by atoms with Crippen molar-refractivity contribution in [1.82, 2.24) is 0 Å². The molecule has 0 saturated heterocycles. The summed E-state index contributed by atoms with van der Waals surface area (Å²) in [6.07, 6.45) is 2.50. The van der Waals surface area contributed by atoms with Crippen molar-refractivity contribution in [2.45, 2.75) is 13.0 Å². The highest BCUT2D eigenvalue weighted by atomic mass is 79.9. The number of hydrogen-bond donors (Lipinski definition) is 1. The minimum Gasteiger partial charge on any atom is -0.472 e. The zero-order chi connectivity index (χ0) is 10.8. The van der Waals surface area contributed by atoms with Crippen LogP contribution in [0.2, 0.25) is 0 Å². The van der Waals surface area contributed by atoms with Gasteiger partial charge >= 0.3 is 0 Å². The summed E-state index contributed by atoms with van der Waals surface area (Å²) in [6.45, 7) is 2.00. The second-order valence-corrected chi connectivity index (χ2v) is 4.32. The van der Waals surface area contributed by atoms with Crippen molar-refractivity contribution in [2.24, 2.45) is 0 Å². The molecule has 2 nitrogen and oxygen atoms in total. The highest BCUT2D eigenvalue weighted by Gasteiger charge is 2.11. The van der Waals surface area contributed by atoms with Gasteiger partial charge in [0.2, 0.25) is 0 Å². The van der Waals surface area contributed by atoms with Crippen molar-refractivity contribution >= 4 is 15.9 Å². The highest BCUT2D eigenvalue weighted by Crippen LogP contribution is 2.25. The first-order valence-corrected chi connectivity index (χ1v) is 5.44. The molecule has 0 aliphatic heterocycles. The summed E-state index contributed by atoms with van der Waals surface area (Å²) in [5.74, 6) is 0. The fraction of sp³-hybridized carbons (Fsp3) is 0.167. The van der Waals surface area contributed by atoms with Crippen molar-refractivity contribution in [1.29, 1.82) is 0 Å². The molecule has 0 spiro atoms. The quantitative estimate of drug-likeness (QED) is 0.904. The molecule has 3 heteroatoms. The first kappa shape index (κ1) is 10.5. The molecule has 1 atom stereocenters. The van der Waals surface area contributed by atoms with Crippen LogP contribution in [-0.2, 0) is 0 Å². The SMILES string of the molecule is Cc1cc(C(O)c2ccoc2)ccc1Br. The van der Waals surface area contributed by atoms with Crippen LogP contribution in [-0.4, -0.2) is 5.11 Å². The zero-order valence-electron chi connectivity index (χ0n) is 8.27. The van der Waals surface area contributed by atoms with Crippen LogP contribution in [0.15, 0.2) is 45.7 Å². The molecule has 1 aromatic heterocycles. The maximum atomic E-state index is 10.0. The van der Waals surface area contributed by atoms with E-state index in [1.54, 1.807) is 18.6 Å². The maximum Gasteiger partial charge on any atom is 0.107 e. The first-order chi connectivity index (χ1) is 7.18. The molecule has 15 heavy (non-hydrogen) atoms. The maximum absolute atomic E-state index is 10.0. The Bertz CT molecular complexity index is 449. The van der Waals surface area contributed by atoms with Crippen molar-refractivity contribution in [2.75, 3.05) is 0 Å². The molecule has 1 aromatic carbocycles. The second kappa shape index (κ2) is 4.21. The Morgan fingerprint density at radius 3 is 2.67 bits per heavy atom. The van der Waals surface area contributed by atoms with Gasteiger partial charge in [-0.2, -0.15) is 0 Å². The smallest absolute Gasteiger partial charge is 0.107 e. The lowest BCUT2D eigenvalue weighted by Crippen LogP contribution is -1.98. The highest BCUT2D eigenvalue weighted by molar-refractivity contribution is 9.10. The molecule has 0 fully saturated rings. The number of rotatable bonds is 2. The topological polar surface area (TPSA) is 33.4 Å². The monoisotopic (exact) mass is 266 g/mol. The first-order valence-electron chi connectivity index (χ1n) is 4.64. The average molecular weight is 267 g/mol. The largest absolute Gasteiger partial charge is 0.472 e. The molecule has 0 aliphatic rings. The van der Waals surface area contributed by atoms with E-state index in [-0.39, 0.29) is 0 Å². The fourth-order valence-electron chi connectivity index (χ4n) is 1.46. The van der Waals surface area contributed by atoms with Gasteiger partial charge in [0.05, 0.1) is 12.5 Å². The molecule has 0 aliphatic carbocycles. The lowest BCUT2D eigenvalue weighted by atomic mass is 10.0. The Labute approximate surface area is 96.7 Å². The predicted octanol–water partition coefficient (Wildman–Crippen LogP) is 3.43. The molecule has 2 rings (SSSR count). The summed E-state index contributed by atoms with van der Waals surface area (Å²) in [6, 6.07) is 7.56. The van der Waals surface area contributed by atoms with Gasteiger partial charge in [0, 0.05) is 10.0 Å². The van der Waals surface area contributed by atoms with Crippen LogP contribution >= 0.6 is 15.9 Å². The molecular formula is C12H11BrO2. The Balaban J connectivity index is 2.34. The summed E-state index contributed by atoms with van der Waals surface area (Å²) in [5.41, 5.74) is 2.75. The van der Waals surface area contributed by atoms with Gasteiger partial charge in [-0.15, -0.1) is 0 Å². The number of hydrogen-bond acceptors (Lipinski definition) is 2. The van der Waals surface area contributed by atoms with E-state index in [4.69, 9.17) is 4.42 Å². The normalized spacial score (nSPS) is 12.7. The minimum atomic E-state index is -0.615. The third kappa shape index (κ3) is 2.13. The molecule has 1 heterocycles. The van der Waals surface area contributed by atoms with E-state index >= 15 is 0 Å². The predicted molar refractivity (Wildman–Crippen MR) is 61.6 cm³/mol. The Hall–Kier alpha value is -1.06. The number of benzene rings is 1. The van der Waals surface area contributed by atoms with Gasteiger partial charge in [-0.3, -0.25) is 0 Å². The van der Waals surface area contributed by atoms with Crippen molar-refractivity contribution in [3.05, 3.63) is 58.0 Å². The van der Waals surface area contributed by atoms with Crippen LogP contribution in [0.1, 0.15) is 22.8 Å². The lowest BCUT2D eigenvalue weighted by molar-refractivity contribution is 0.219. The van der Waals surface area contributed by atoms with Crippen molar-refractivity contribution in [3.8, 4) is 0 Å². The molecule has 1 unspecified atom stereocenters. The summed E-state index contributed by atoms with van der Waals surface area (Å²) in [4.78, 5) is 0. The van der Waals surface area contributed by atoms with E-state index in [2.05, 4.69) is 15.9 Å². The Morgan fingerprint density at radius 2 is 2.07 bits per heavy atom. The van der Waals surface area contributed by atoms with Crippen LogP contribution in [0.25, 0.3) is 0 Å². The molecule has 1 N–H and O–H groups in total. The van der Waals surface area contributed by atoms with E-state index < -0.39 is 6.10 Å². The van der Waals surface area contributed by atoms with Crippen molar-refractivity contribution < 1.29 is 9.52 Å². The average Bonchev–Trinajstić information content (AvgIpc) is 2.74. The third-order valence-electron chi connectivity index (χ3n) is 2.36. The van der Waals surface area contributed by atoms with Crippen LogP contribution in [0.4, 0.5) is 0 Å². The van der Waals surface area contributed by atoms with Gasteiger partial charge in [-0.1, -0.05) is 28.1 Å². The molecule has 0 radical (unpaired) electrons. The Kier molecular flexibility index (Phi) is 2.93. The van der Waals surface area contributed by atoms with E-state index in [0.29, 0.717) is 0 Å². The summed E-state index contributed by atoms with van der Waals surface area (Å²) in [7, 11) is 0. The van der Waals surface area contributed by atoms with E-state index in [1.807, 2.05) is 25.1 Å². The zero-order valence-corrected chi connectivity index (χ0v) is 9.86. The van der Waals surface area contributed by atoms with Gasteiger partial charge in [-0.25, -0.2) is 0 Å². The molecule has 2 aromatic rings. The van der Waals surface area contributed by atoms with E-state index in [1.165, 1.54) is 0 Å². The summed E-state index contributed by atoms with van der Waals surface area (Å²) in [5, 5.41) is 10.0. The standard InChI is InChI=1S/C12H11BrO2/c1-8-6-9(2-3-11(8)13)12(14)10-4-5-15-7-10/h2-7,12,14H,1H3. The molecule has 78 valence electrons. The number of furan rings is 1. The van der Waals surface area contributed by atoms with Crippen molar-refractivity contribution in [3.63, 3.8) is 0 Å². The minimum absolute atomic E-state index is 0.615. The van der Waals surface area contributed by atoms with Gasteiger partial charge in [0.25, 0.3) is 0 Å². The van der Waals surface area contributed by atoms with E-state index in [9.17, 15) is 5.11 Å². The number of aliphatic hydroxyl groups excluding tert-OH is 1. The van der Waals surface area contributed by atoms with Crippen LogP contribution in [0, 0.1) is 6.92 Å².